The lowest BCUT2D eigenvalue weighted by Crippen LogP contribution is -2.52. The summed E-state index contributed by atoms with van der Waals surface area (Å²) in [5.74, 6) is 0.227. The smallest absolute Gasteiger partial charge is 0.287 e. The van der Waals surface area contributed by atoms with Crippen LogP contribution in [-0.4, -0.2) is 16.4 Å². The van der Waals surface area contributed by atoms with Gasteiger partial charge >= 0.3 is 0 Å². The number of hydrogen-bond donors (Lipinski definition) is 1. The van der Waals surface area contributed by atoms with Crippen LogP contribution in [-0.2, 0) is 0 Å². The van der Waals surface area contributed by atoms with Crippen molar-refractivity contribution in [3.63, 3.8) is 0 Å². The maximum Gasteiger partial charge on any atom is 0.287 e. The van der Waals surface area contributed by atoms with Gasteiger partial charge in [0.15, 0.2) is 11.3 Å². The highest BCUT2D eigenvalue weighted by atomic mass is 16.3. The van der Waals surface area contributed by atoms with Crippen LogP contribution in [0.25, 0.3) is 11.1 Å². The quantitative estimate of drug-likeness (QED) is 0.919. The molecule has 0 bridgehead atoms. The molecule has 0 unspecified atom stereocenters. The molecule has 1 N–H and O–H groups in total. The van der Waals surface area contributed by atoms with Crippen LogP contribution in [0.3, 0.4) is 0 Å². The molecular formula is C15H18N2O2. The zero-order valence-electron chi connectivity index (χ0n) is 11.3. The number of aromatic nitrogens is 1. The minimum absolute atomic E-state index is 0.0145. The van der Waals surface area contributed by atoms with Crippen LogP contribution in [0, 0.1) is 6.92 Å². The Hall–Kier alpha value is -1.84. The first-order chi connectivity index (χ1) is 9.12. The van der Waals surface area contributed by atoms with Crippen molar-refractivity contribution < 1.29 is 9.21 Å². The Kier molecular flexibility index (Phi) is 2.81. The number of nitrogens with one attached hydrogen (secondary N) is 1. The highest BCUT2D eigenvalue weighted by Gasteiger charge is 2.37. The van der Waals surface area contributed by atoms with Gasteiger partial charge in [-0.2, -0.15) is 0 Å². The van der Waals surface area contributed by atoms with E-state index >= 15 is 0 Å². The van der Waals surface area contributed by atoms with E-state index in [2.05, 4.69) is 17.2 Å². The fourth-order valence-corrected chi connectivity index (χ4v) is 2.61. The second kappa shape index (κ2) is 4.37. The molecule has 0 aliphatic heterocycles. The second-order valence-corrected chi connectivity index (χ2v) is 5.39. The summed E-state index contributed by atoms with van der Waals surface area (Å²) >= 11 is 0. The van der Waals surface area contributed by atoms with Crippen LogP contribution >= 0.6 is 0 Å². The molecule has 1 amide bonds. The van der Waals surface area contributed by atoms with E-state index in [0.29, 0.717) is 11.3 Å². The Balaban J connectivity index is 1.85. The third-order valence-electron chi connectivity index (χ3n) is 4.10. The monoisotopic (exact) mass is 258 g/mol. The Morgan fingerprint density at radius 1 is 1.47 bits per heavy atom. The number of hydrogen-bond acceptors (Lipinski definition) is 3. The fraction of sp³-hybridized carbons (Fsp3) is 0.467. The van der Waals surface area contributed by atoms with Crippen molar-refractivity contribution in [1.82, 2.24) is 10.3 Å². The van der Waals surface area contributed by atoms with Gasteiger partial charge in [-0.25, -0.2) is 4.98 Å². The molecule has 2 aromatic heterocycles. The van der Waals surface area contributed by atoms with Crippen LogP contribution in [0.1, 0.15) is 48.9 Å². The first-order valence-electron chi connectivity index (χ1n) is 6.82. The number of furan rings is 1. The fourth-order valence-electron chi connectivity index (χ4n) is 2.61. The third-order valence-corrected chi connectivity index (χ3v) is 4.10. The molecule has 1 aliphatic carbocycles. The van der Waals surface area contributed by atoms with Gasteiger partial charge in [0, 0.05) is 17.3 Å². The van der Waals surface area contributed by atoms with Crippen LogP contribution in [0.2, 0.25) is 0 Å². The van der Waals surface area contributed by atoms with Gasteiger partial charge in [-0.05, 0) is 44.7 Å². The zero-order valence-corrected chi connectivity index (χ0v) is 11.3. The van der Waals surface area contributed by atoms with Crippen LogP contribution in [0.15, 0.2) is 22.6 Å². The number of aryl methyl sites for hydroxylation is 1. The summed E-state index contributed by atoms with van der Waals surface area (Å²) in [6.45, 7) is 4.04. The van der Waals surface area contributed by atoms with E-state index in [0.717, 1.165) is 30.5 Å². The van der Waals surface area contributed by atoms with Crippen molar-refractivity contribution in [3.8, 4) is 0 Å². The molecule has 0 spiro atoms. The molecule has 1 aliphatic rings. The molecule has 0 saturated heterocycles. The van der Waals surface area contributed by atoms with E-state index in [9.17, 15) is 4.79 Å². The molecule has 2 heterocycles. The van der Waals surface area contributed by atoms with Crippen molar-refractivity contribution in [2.45, 2.75) is 45.1 Å². The van der Waals surface area contributed by atoms with E-state index in [1.54, 1.807) is 6.07 Å². The standard InChI is InChI=1S/C15H18N2O2/c1-3-15(7-4-8-15)17-14(18)13-9-11-12(19-13)6-5-10(2)16-11/h5-6,9H,3-4,7-8H2,1-2H3,(H,17,18). The molecule has 19 heavy (non-hydrogen) atoms. The Morgan fingerprint density at radius 2 is 2.26 bits per heavy atom. The van der Waals surface area contributed by atoms with Crippen LogP contribution < -0.4 is 5.32 Å². The molecule has 1 fully saturated rings. The molecular weight excluding hydrogens is 240 g/mol. The van der Waals surface area contributed by atoms with Crippen molar-refractivity contribution in [3.05, 3.63) is 29.7 Å². The Bertz CT molecular complexity index is 621. The lowest BCUT2D eigenvalue weighted by molar-refractivity contribution is 0.0794. The number of carbonyl (C=O) groups excluding carboxylic acids is 1. The van der Waals surface area contributed by atoms with Gasteiger partial charge in [-0.1, -0.05) is 6.92 Å². The maximum atomic E-state index is 12.2. The van der Waals surface area contributed by atoms with Gasteiger partial charge in [0.25, 0.3) is 5.91 Å². The van der Waals surface area contributed by atoms with Crippen LogP contribution in [0.4, 0.5) is 0 Å². The van der Waals surface area contributed by atoms with Crippen molar-refractivity contribution in [2.24, 2.45) is 0 Å². The zero-order chi connectivity index (χ0) is 13.5. The minimum atomic E-state index is -0.128. The van der Waals surface area contributed by atoms with Gasteiger partial charge in [-0.15, -0.1) is 0 Å². The molecule has 0 atom stereocenters. The molecule has 100 valence electrons. The van der Waals surface area contributed by atoms with E-state index in [1.165, 1.54) is 6.42 Å². The highest BCUT2D eigenvalue weighted by Crippen LogP contribution is 2.35. The topological polar surface area (TPSA) is 55.1 Å². The largest absolute Gasteiger partial charge is 0.449 e. The molecule has 0 aromatic carbocycles. The average molecular weight is 258 g/mol. The van der Waals surface area contributed by atoms with Gasteiger partial charge < -0.3 is 9.73 Å². The highest BCUT2D eigenvalue weighted by molar-refractivity contribution is 5.95. The predicted molar refractivity (Wildman–Crippen MR) is 73.1 cm³/mol. The molecule has 3 rings (SSSR count). The summed E-state index contributed by atoms with van der Waals surface area (Å²) in [4.78, 5) is 16.6. The second-order valence-electron chi connectivity index (χ2n) is 5.39. The minimum Gasteiger partial charge on any atom is -0.449 e. The Morgan fingerprint density at radius 3 is 2.89 bits per heavy atom. The molecule has 1 saturated carbocycles. The van der Waals surface area contributed by atoms with E-state index in [-0.39, 0.29) is 11.4 Å². The number of pyridine rings is 1. The molecule has 4 nitrogen and oxygen atoms in total. The van der Waals surface area contributed by atoms with Crippen molar-refractivity contribution in [1.29, 1.82) is 0 Å². The average Bonchev–Trinajstić information content (AvgIpc) is 2.76. The molecule has 4 heteroatoms. The van der Waals surface area contributed by atoms with Crippen molar-refractivity contribution in [2.75, 3.05) is 0 Å². The number of fused-ring (bicyclic) bond motifs is 1. The van der Waals surface area contributed by atoms with Gasteiger partial charge in [0.1, 0.15) is 5.52 Å². The first-order valence-corrected chi connectivity index (χ1v) is 6.82. The molecule has 0 radical (unpaired) electrons. The lowest BCUT2D eigenvalue weighted by Gasteiger charge is -2.41. The van der Waals surface area contributed by atoms with Gasteiger partial charge in [0.05, 0.1) is 0 Å². The number of rotatable bonds is 3. The van der Waals surface area contributed by atoms with Gasteiger partial charge in [0.2, 0.25) is 0 Å². The summed E-state index contributed by atoms with van der Waals surface area (Å²) < 4.78 is 5.57. The maximum absolute atomic E-state index is 12.2. The SMILES string of the molecule is CCC1(NC(=O)c2cc3nc(C)ccc3o2)CCC1. The number of amides is 1. The first kappa shape index (κ1) is 12.2. The van der Waals surface area contributed by atoms with E-state index in [1.807, 2.05) is 19.1 Å². The number of nitrogens with zero attached hydrogens (tertiary/aromatic N) is 1. The summed E-state index contributed by atoms with van der Waals surface area (Å²) in [5, 5.41) is 3.11. The summed E-state index contributed by atoms with van der Waals surface area (Å²) in [6, 6.07) is 5.46. The predicted octanol–water partition coefficient (Wildman–Crippen LogP) is 3.20. The van der Waals surface area contributed by atoms with Gasteiger partial charge in [-0.3, -0.25) is 4.79 Å². The Labute approximate surface area is 112 Å². The third kappa shape index (κ3) is 2.11. The van der Waals surface area contributed by atoms with Crippen molar-refractivity contribution >= 4 is 17.0 Å². The molecule has 2 aromatic rings. The van der Waals surface area contributed by atoms with E-state index in [4.69, 9.17) is 4.42 Å². The van der Waals surface area contributed by atoms with Crippen LogP contribution in [0.5, 0.6) is 0 Å². The summed E-state index contributed by atoms with van der Waals surface area (Å²) in [5.41, 5.74) is 2.31. The normalized spacial score (nSPS) is 17.2. The van der Waals surface area contributed by atoms with E-state index < -0.39 is 0 Å². The lowest BCUT2D eigenvalue weighted by atomic mass is 9.75. The number of carbonyl (C=O) groups is 1. The summed E-state index contributed by atoms with van der Waals surface area (Å²) in [6.07, 6.45) is 4.28. The summed E-state index contributed by atoms with van der Waals surface area (Å²) in [7, 11) is 0.